The Balaban J connectivity index is 1.69. The maximum absolute atomic E-state index is 11.6. The van der Waals surface area contributed by atoms with Crippen molar-refractivity contribution in [3.63, 3.8) is 0 Å². The third-order valence-corrected chi connectivity index (χ3v) is 6.08. The SMILES string of the molecule is C[S+]([O-])CC1CN(C2CCNCC2)C(Cc2ccc(Cl)cc2)CO1. The van der Waals surface area contributed by atoms with E-state index in [-0.39, 0.29) is 6.10 Å². The van der Waals surface area contributed by atoms with E-state index in [1.807, 2.05) is 12.1 Å². The fourth-order valence-electron chi connectivity index (χ4n) is 3.80. The quantitative estimate of drug-likeness (QED) is 0.806. The van der Waals surface area contributed by atoms with Crippen LogP contribution in [0, 0.1) is 0 Å². The number of morpholine rings is 1. The molecule has 2 heterocycles. The molecule has 2 aliphatic heterocycles. The van der Waals surface area contributed by atoms with E-state index >= 15 is 0 Å². The van der Waals surface area contributed by atoms with Crippen LogP contribution in [0.2, 0.25) is 5.02 Å². The monoisotopic (exact) mass is 370 g/mol. The zero-order chi connectivity index (χ0) is 16.9. The van der Waals surface area contributed by atoms with Gasteiger partial charge in [-0.3, -0.25) is 4.90 Å². The van der Waals surface area contributed by atoms with Crippen molar-refractivity contribution in [1.82, 2.24) is 10.2 Å². The summed E-state index contributed by atoms with van der Waals surface area (Å²) in [6.07, 6.45) is 5.19. The summed E-state index contributed by atoms with van der Waals surface area (Å²) in [5.74, 6) is 0.634. The summed E-state index contributed by atoms with van der Waals surface area (Å²) in [5, 5.41) is 4.22. The van der Waals surface area contributed by atoms with Crippen molar-refractivity contribution in [1.29, 1.82) is 0 Å². The van der Waals surface area contributed by atoms with Gasteiger partial charge in [0.25, 0.3) is 0 Å². The van der Waals surface area contributed by atoms with E-state index in [1.165, 1.54) is 18.4 Å². The summed E-state index contributed by atoms with van der Waals surface area (Å²) in [6, 6.07) is 9.11. The number of nitrogens with zero attached hydrogens (tertiary/aromatic N) is 1. The minimum Gasteiger partial charge on any atom is -0.616 e. The average Bonchev–Trinajstić information content (AvgIpc) is 2.58. The van der Waals surface area contributed by atoms with Crippen LogP contribution in [0.4, 0.5) is 0 Å². The Labute approximate surface area is 153 Å². The molecule has 134 valence electrons. The minimum atomic E-state index is -0.813. The highest BCUT2D eigenvalue weighted by molar-refractivity contribution is 7.90. The number of ether oxygens (including phenoxy) is 1. The number of halogens is 1. The van der Waals surface area contributed by atoms with Gasteiger partial charge in [0.1, 0.15) is 11.9 Å². The molecule has 1 aromatic carbocycles. The van der Waals surface area contributed by atoms with Gasteiger partial charge in [-0.2, -0.15) is 0 Å². The lowest BCUT2D eigenvalue weighted by Crippen LogP contribution is -2.57. The molecule has 2 fully saturated rings. The Morgan fingerprint density at radius 3 is 2.67 bits per heavy atom. The molecule has 0 aliphatic carbocycles. The van der Waals surface area contributed by atoms with Gasteiger partial charge in [-0.15, -0.1) is 0 Å². The Morgan fingerprint density at radius 2 is 2.00 bits per heavy atom. The standard InChI is InChI=1S/C18H27ClN2O2S/c1-24(22)13-18-11-21(16-6-8-20-9-7-16)17(12-23-18)10-14-2-4-15(19)5-3-14/h2-5,16-18,20H,6-13H2,1H3. The van der Waals surface area contributed by atoms with Gasteiger partial charge >= 0.3 is 0 Å². The first-order chi connectivity index (χ1) is 11.6. The lowest BCUT2D eigenvalue weighted by molar-refractivity contribution is -0.0738. The Bertz CT molecular complexity index is 508. The van der Waals surface area contributed by atoms with Crippen LogP contribution in [-0.4, -0.2) is 65.9 Å². The summed E-state index contributed by atoms with van der Waals surface area (Å²) in [7, 11) is 0. The lowest BCUT2D eigenvalue weighted by atomic mass is 9.97. The summed E-state index contributed by atoms with van der Waals surface area (Å²) in [5.41, 5.74) is 1.30. The molecule has 3 atom stereocenters. The van der Waals surface area contributed by atoms with Gasteiger partial charge in [-0.25, -0.2) is 0 Å². The van der Waals surface area contributed by atoms with Gasteiger partial charge in [-0.05, 0) is 50.0 Å². The molecular weight excluding hydrogens is 344 g/mol. The van der Waals surface area contributed by atoms with Crippen LogP contribution in [0.25, 0.3) is 0 Å². The Morgan fingerprint density at radius 1 is 1.29 bits per heavy atom. The van der Waals surface area contributed by atoms with Gasteiger partial charge in [0.15, 0.2) is 0 Å². The second-order valence-electron chi connectivity index (χ2n) is 6.86. The van der Waals surface area contributed by atoms with Crippen LogP contribution in [0.3, 0.4) is 0 Å². The number of benzene rings is 1. The van der Waals surface area contributed by atoms with E-state index in [0.717, 1.165) is 31.1 Å². The molecule has 0 bridgehead atoms. The predicted molar refractivity (Wildman–Crippen MR) is 100 cm³/mol. The molecule has 6 heteroatoms. The third-order valence-electron chi connectivity index (χ3n) is 4.99. The number of hydrogen-bond donors (Lipinski definition) is 1. The second-order valence-corrected chi connectivity index (χ2v) is 8.77. The average molecular weight is 371 g/mol. The van der Waals surface area contributed by atoms with Crippen molar-refractivity contribution in [2.24, 2.45) is 0 Å². The van der Waals surface area contributed by atoms with Crippen molar-refractivity contribution < 1.29 is 9.29 Å². The number of piperidine rings is 1. The zero-order valence-electron chi connectivity index (χ0n) is 14.2. The van der Waals surface area contributed by atoms with Crippen molar-refractivity contribution in [3.8, 4) is 0 Å². The van der Waals surface area contributed by atoms with Crippen molar-refractivity contribution in [2.75, 3.05) is 38.2 Å². The van der Waals surface area contributed by atoms with Crippen LogP contribution >= 0.6 is 11.6 Å². The van der Waals surface area contributed by atoms with Crippen LogP contribution in [0.1, 0.15) is 18.4 Å². The summed E-state index contributed by atoms with van der Waals surface area (Å²) in [4.78, 5) is 2.62. The first-order valence-corrected chi connectivity index (χ1v) is 10.8. The maximum atomic E-state index is 11.6. The molecule has 0 saturated carbocycles. The lowest BCUT2D eigenvalue weighted by Gasteiger charge is -2.45. The largest absolute Gasteiger partial charge is 0.616 e. The minimum absolute atomic E-state index is 0.0900. The van der Waals surface area contributed by atoms with Crippen molar-refractivity contribution in [2.45, 2.75) is 37.5 Å². The van der Waals surface area contributed by atoms with Crippen molar-refractivity contribution >= 4 is 22.8 Å². The van der Waals surface area contributed by atoms with E-state index in [0.29, 0.717) is 24.4 Å². The van der Waals surface area contributed by atoms with E-state index in [2.05, 4.69) is 22.3 Å². The molecule has 3 rings (SSSR count). The topological polar surface area (TPSA) is 47.6 Å². The van der Waals surface area contributed by atoms with Crippen LogP contribution < -0.4 is 5.32 Å². The number of hydrogen-bond acceptors (Lipinski definition) is 4. The molecule has 0 radical (unpaired) electrons. The molecule has 0 aromatic heterocycles. The van der Waals surface area contributed by atoms with Gasteiger partial charge < -0.3 is 14.6 Å². The molecule has 3 unspecified atom stereocenters. The maximum Gasteiger partial charge on any atom is 0.132 e. The molecule has 2 saturated heterocycles. The van der Waals surface area contributed by atoms with Gasteiger partial charge in [0.05, 0.1) is 12.9 Å². The molecule has 0 amide bonds. The fourth-order valence-corrected chi connectivity index (χ4v) is 4.65. The molecule has 0 spiro atoms. The highest BCUT2D eigenvalue weighted by Crippen LogP contribution is 2.24. The van der Waals surface area contributed by atoms with Gasteiger partial charge in [0, 0.05) is 23.7 Å². The fraction of sp³-hybridized carbons (Fsp3) is 0.667. The number of rotatable bonds is 5. The smallest absolute Gasteiger partial charge is 0.132 e. The van der Waals surface area contributed by atoms with Crippen LogP contribution in [-0.2, 0) is 22.3 Å². The second kappa shape index (κ2) is 8.88. The molecule has 1 N–H and O–H groups in total. The van der Waals surface area contributed by atoms with E-state index in [1.54, 1.807) is 6.26 Å². The van der Waals surface area contributed by atoms with Crippen LogP contribution in [0.5, 0.6) is 0 Å². The van der Waals surface area contributed by atoms with E-state index < -0.39 is 11.2 Å². The molecular formula is C18H27ClN2O2S. The Hall–Kier alpha value is -0.300. The Kier molecular flexibility index (Phi) is 6.84. The highest BCUT2D eigenvalue weighted by atomic mass is 35.5. The zero-order valence-corrected chi connectivity index (χ0v) is 15.8. The summed E-state index contributed by atoms with van der Waals surface area (Å²) < 4.78 is 17.6. The molecule has 24 heavy (non-hydrogen) atoms. The molecule has 2 aliphatic rings. The van der Waals surface area contributed by atoms with Gasteiger partial charge in [0.2, 0.25) is 0 Å². The normalized spacial score (nSPS) is 28.0. The first kappa shape index (κ1) is 18.5. The molecule has 1 aromatic rings. The van der Waals surface area contributed by atoms with E-state index in [4.69, 9.17) is 16.3 Å². The highest BCUT2D eigenvalue weighted by Gasteiger charge is 2.35. The van der Waals surface area contributed by atoms with Gasteiger partial charge in [-0.1, -0.05) is 34.9 Å². The number of nitrogens with one attached hydrogen (secondary N) is 1. The van der Waals surface area contributed by atoms with Crippen molar-refractivity contribution in [3.05, 3.63) is 34.9 Å². The summed E-state index contributed by atoms with van der Waals surface area (Å²) in [6.45, 7) is 3.77. The predicted octanol–water partition coefficient (Wildman–Crippen LogP) is 2.08. The van der Waals surface area contributed by atoms with Crippen LogP contribution in [0.15, 0.2) is 24.3 Å². The first-order valence-electron chi connectivity index (χ1n) is 8.74. The van der Waals surface area contributed by atoms with E-state index in [9.17, 15) is 4.55 Å². The third kappa shape index (κ3) is 5.10. The molecule has 4 nitrogen and oxygen atoms in total. The summed E-state index contributed by atoms with van der Waals surface area (Å²) >= 11 is 5.19.